The highest BCUT2D eigenvalue weighted by Gasteiger charge is 2.10. The van der Waals surface area contributed by atoms with E-state index in [9.17, 15) is 14.9 Å². The zero-order valence-corrected chi connectivity index (χ0v) is 12.6. The third kappa shape index (κ3) is 3.67. The van der Waals surface area contributed by atoms with Crippen LogP contribution in [0.3, 0.4) is 0 Å². The molecule has 0 saturated carbocycles. The summed E-state index contributed by atoms with van der Waals surface area (Å²) in [7, 11) is 0. The second-order valence-electron chi connectivity index (χ2n) is 4.59. The molecule has 0 unspecified atom stereocenters. The zero-order chi connectivity index (χ0) is 16.2. The molecule has 0 aliphatic rings. The highest BCUT2D eigenvalue weighted by molar-refractivity contribution is 7.99. The van der Waals surface area contributed by atoms with Gasteiger partial charge in [-0.15, -0.1) is 0 Å². The van der Waals surface area contributed by atoms with Crippen LogP contribution in [0.15, 0.2) is 58.2 Å². The number of benzene rings is 2. The lowest BCUT2D eigenvalue weighted by atomic mass is 10.3. The number of non-ortho nitro benzene ring substituents is 1. The smallest absolute Gasteiger partial charge is 0.269 e. The Balaban J connectivity index is 1.57. The molecule has 1 N–H and O–H groups in total. The monoisotopic (exact) mass is 329 g/mol. The van der Waals surface area contributed by atoms with Crippen molar-refractivity contribution in [3.8, 4) is 0 Å². The number of nitrogens with one attached hydrogen (secondary N) is 1. The van der Waals surface area contributed by atoms with Gasteiger partial charge in [-0.1, -0.05) is 23.9 Å². The van der Waals surface area contributed by atoms with Crippen LogP contribution in [0.2, 0.25) is 0 Å². The number of hydrogen-bond acceptors (Lipinski definition) is 6. The molecular formula is C15H11N3O4S. The predicted octanol–water partition coefficient (Wildman–Crippen LogP) is 3.47. The van der Waals surface area contributed by atoms with E-state index in [1.165, 1.54) is 36.0 Å². The van der Waals surface area contributed by atoms with Gasteiger partial charge in [-0.05, 0) is 24.3 Å². The van der Waals surface area contributed by atoms with Crippen LogP contribution in [0, 0.1) is 10.1 Å². The first-order valence-corrected chi connectivity index (χ1v) is 7.63. The Kier molecular flexibility index (Phi) is 4.24. The van der Waals surface area contributed by atoms with E-state index < -0.39 is 4.92 Å². The van der Waals surface area contributed by atoms with Crippen LogP contribution >= 0.6 is 11.8 Å². The van der Waals surface area contributed by atoms with Crippen molar-refractivity contribution in [1.82, 2.24) is 4.98 Å². The quantitative estimate of drug-likeness (QED) is 0.437. The Morgan fingerprint density at radius 1 is 1.22 bits per heavy atom. The van der Waals surface area contributed by atoms with E-state index in [1.54, 1.807) is 0 Å². The van der Waals surface area contributed by atoms with Gasteiger partial charge in [-0.2, -0.15) is 0 Å². The molecule has 0 saturated heterocycles. The molecule has 7 nitrogen and oxygen atoms in total. The van der Waals surface area contributed by atoms with Crippen LogP contribution in [0.1, 0.15) is 0 Å². The van der Waals surface area contributed by atoms with E-state index in [1.807, 2.05) is 24.3 Å². The summed E-state index contributed by atoms with van der Waals surface area (Å²) in [6, 6.07) is 13.0. The Hall–Kier alpha value is -2.87. The molecule has 23 heavy (non-hydrogen) atoms. The fraction of sp³-hybridized carbons (Fsp3) is 0.0667. The molecular weight excluding hydrogens is 318 g/mol. The van der Waals surface area contributed by atoms with Crippen LogP contribution in [0.4, 0.5) is 11.4 Å². The first kappa shape index (κ1) is 15.0. The average molecular weight is 329 g/mol. The van der Waals surface area contributed by atoms with Crippen LogP contribution in [-0.4, -0.2) is 21.6 Å². The van der Waals surface area contributed by atoms with Gasteiger partial charge in [-0.25, -0.2) is 4.98 Å². The number of thioether (sulfide) groups is 1. The van der Waals surface area contributed by atoms with Gasteiger partial charge in [0.15, 0.2) is 5.58 Å². The van der Waals surface area contributed by atoms with Crippen molar-refractivity contribution >= 4 is 40.1 Å². The number of anilines is 1. The van der Waals surface area contributed by atoms with E-state index in [0.717, 1.165) is 5.52 Å². The van der Waals surface area contributed by atoms with Gasteiger partial charge in [0, 0.05) is 17.8 Å². The molecule has 1 aromatic heterocycles. The largest absolute Gasteiger partial charge is 0.431 e. The average Bonchev–Trinajstić information content (AvgIpc) is 2.96. The van der Waals surface area contributed by atoms with E-state index >= 15 is 0 Å². The number of amides is 1. The number of para-hydroxylation sites is 2. The minimum atomic E-state index is -0.491. The Labute approximate surface area is 134 Å². The maximum Gasteiger partial charge on any atom is 0.269 e. The number of aromatic nitrogens is 1. The molecule has 0 atom stereocenters. The molecule has 3 aromatic rings. The summed E-state index contributed by atoms with van der Waals surface area (Å²) in [5, 5.41) is 13.6. The lowest BCUT2D eigenvalue weighted by molar-refractivity contribution is -0.384. The number of carbonyl (C=O) groups excluding carboxylic acids is 1. The van der Waals surface area contributed by atoms with Crippen LogP contribution in [0.25, 0.3) is 11.1 Å². The zero-order valence-electron chi connectivity index (χ0n) is 11.8. The van der Waals surface area contributed by atoms with Gasteiger partial charge in [0.1, 0.15) is 5.52 Å². The molecule has 116 valence electrons. The number of nitro groups is 1. The first-order valence-electron chi connectivity index (χ1n) is 6.64. The number of nitrogens with zero attached hydrogens (tertiary/aromatic N) is 2. The van der Waals surface area contributed by atoms with Gasteiger partial charge >= 0.3 is 0 Å². The maximum absolute atomic E-state index is 11.9. The number of rotatable bonds is 5. The summed E-state index contributed by atoms with van der Waals surface area (Å²) >= 11 is 1.18. The van der Waals surface area contributed by atoms with E-state index in [-0.39, 0.29) is 17.3 Å². The molecule has 0 aliphatic carbocycles. The molecule has 0 fully saturated rings. The number of hydrogen-bond donors (Lipinski definition) is 1. The molecule has 2 aromatic carbocycles. The molecule has 8 heteroatoms. The van der Waals surface area contributed by atoms with Crippen molar-refractivity contribution in [2.24, 2.45) is 0 Å². The lowest BCUT2D eigenvalue weighted by Gasteiger charge is -2.03. The van der Waals surface area contributed by atoms with Crippen LogP contribution in [-0.2, 0) is 4.79 Å². The summed E-state index contributed by atoms with van der Waals surface area (Å²) in [4.78, 5) is 26.2. The Morgan fingerprint density at radius 2 is 1.96 bits per heavy atom. The first-order chi connectivity index (χ1) is 11.1. The van der Waals surface area contributed by atoms with Gasteiger partial charge in [0.2, 0.25) is 5.91 Å². The number of fused-ring (bicyclic) bond motifs is 1. The number of nitro benzene ring substituents is 1. The molecule has 3 rings (SSSR count). The second kappa shape index (κ2) is 6.49. The van der Waals surface area contributed by atoms with E-state index in [0.29, 0.717) is 16.5 Å². The second-order valence-corrected chi connectivity index (χ2v) is 5.51. The van der Waals surface area contributed by atoms with Gasteiger partial charge in [0.05, 0.1) is 10.7 Å². The van der Waals surface area contributed by atoms with E-state index in [4.69, 9.17) is 4.42 Å². The van der Waals surface area contributed by atoms with Gasteiger partial charge in [0.25, 0.3) is 10.9 Å². The van der Waals surface area contributed by atoms with Crippen molar-refractivity contribution in [2.75, 3.05) is 11.1 Å². The molecule has 1 heterocycles. The molecule has 0 bridgehead atoms. The minimum absolute atomic E-state index is 0.0242. The van der Waals surface area contributed by atoms with Crippen LogP contribution < -0.4 is 5.32 Å². The summed E-state index contributed by atoms with van der Waals surface area (Å²) in [6.45, 7) is 0. The summed E-state index contributed by atoms with van der Waals surface area (Å²) in [5.41, 5.74) is 1.89. The molecule has 1 amide bonds. The standard InChI is InChI=1S/C15H11N3O4S/c19-14(16-10-5-7-11(8-6-10)18(20)21)9-23-15-17-12-3-1-2-4-13(12)22-15/h1-8H,9H2,(H,16,19). The molecule has 0 aliphatic heterocycles. The van der Waals surface area contributed by atoms with Crippen molar-refractivity contribution in [2.45, 2.75) is 5.22 Å². The molecule has 0 spiro atoms. The van der Waals surface area contributed by atoms with Crippen molar-refractivity contribution < 1.29 is 14.1 Å². The molecule has 0 radical (unpaired) electrons. The fourth-order valence-corrected chi connectivity index (χ4v) is 2.54. The Bertz CT molecular complexity index is 828. The highest BCUT2D eigenvalue weighted by atomic mass is 32.2. The topological polar surface area (TPSA) is 98.3 Å². The SMILES string of the molecule is O=C(CSc1nc2ccccc2o1)Nc1ccc([N+](=O)[O-])cc1. The van der Waals surface area contributed by atoms with Gasteiger partial charge in [-0.3, -0.25) is 14.9 Å². The maximum atomic E-state index is 11.9. The summed E-state index contributed by atoms with van der Waals surface area (Å²) in [6.07, 6.45) is 0. The van der Waals surface area contributed by atoms with Crippen molar-refractivity contribution in [3.63, 3.8) is 0 Å². The Morgan fingerprint density at radius 3 is 2.65 bits per heavy atom. The number of carbonyl (C=O) groups is 1. The van der Waals surface area contributed by atoms with Crippen LogP contribution in [0.5, 0.6) is 0 Å². The predicted molar refractivity (Wildman–Crippen MR) is 86.5 cm³/mol. The van der Waals surface area contributed by atoms with Crippen molar-refractivity contribution in [3.05, 3.63) is 58.6 Å². The highest BCUT2D eigenvalue weighted by Crippen LogP contribution is 2.23. The minimum Gasteiger partial charge on any atom is -0.431 e. The third-order valence-corrected chi connectivity index (χ3v) is 3.79. The van der Waals surface area contributed by atoms with Gasteiger partial charge < -0.3 is 9.73 Å². The lowest BCUT2D eigenvalue weighted by Crippen LogP contribution is -2.13. The fourth-order valence-electron chi connectivity index (χ4n) is 1.90. The normalized spacial score (nSPS) is 10.6. The summed E-state index contributed by atoms with van der Waals surface area (Å²) < 4.78 is 5.51. The summed E-state index contributed by atoms with van der Waals surface area (Å²) in [5.74, 6) is -0.116. The third-order valence-electron chi connectivity index (χ3n) is 2.96. The van der Waals surface area contributed by atoms with E-state index in [2.05, 4.69) is 10.3 Å². The van der Waals surface area contributed by atoms with Crippen molar-refractivity contribution in [1.29, 1.82) is 0 Å². The number of oxazole rings is 1.